The number of nitrogens with zero attached hydrogens (tertiary/aromatic N) is 2. The van der Waals surface area contributed by atoms with Gasteiger partial charge in [0.2, 0.25) is 0 Å². The molecule has 3 rings (SSSR count). The van der Waals surface area contributed by atoms with Crippen LogP contribution in [0.5, 0.6) is 0 Å². The smallest absolute Gasteiger partial charge is 0.311 e. The zero-order valence-corrected chi connectivity index (χ0v) is 13.0. The highest BCUT2D eigenvalue weighted by Gasteiger charge is 2.14. The van der Waals surface area contributed by atoms with E-state index in [-0.39, 0.29) is 12.4 Å². The summed E-state index contributed by atoms with van der Waals surface area (Å²) in [6.45, 7) is 2.81. The predicted octanol–water partition coefficient (Wildman–Crippen LogP) is 2.77. The quantitative estimate of drug-likeness (QED) is 0.581. The first kappa shape index (κ1) is 15.1. The Labute approximate surface area is 134 Å². The Bertz CT molecular complexity index is 822. The van der Waals surface area contributed by atoms with E-state index in [1.807, 2.05) is 53.2 Å². The first-order valence-corrected chi connectivity index (χ1v) is 7.62. The summed E-state index contributed by atoms with van der Waals surface area (Å²) in [6, 6.07) is 15.6. The molecule has 0 radical (unpaired) electrons. The number of hydrogen-bond donors (Lipinski definition) is 1. The van der Waals surface area contributed by atoms with Crippen molar-refractivity contribution in [2.75, 3.05) is 12.3 Å². The molecule has 0 saturated carbocycles. The lowest BCUT2D eigenvalue weighted by atomic mass is 10.1. The number of nitrogen functional groups attached to an aromatic ring is 1. The zero-order chi connectivity index (χ0) is 16.2. The molecule has 3 aromatic rings. The first-order chi connectivity index (χ1) is 11.2. The van der Waals surface area contributed by atoms with Gasteiger partial charge >= 0.3 is 5.97 Å². The molecule has 2 aromatic carbocycles. The lowest BCUT2D eigenvalue weighted by molar-refractivity contribution is -0.142. The highest BCUT2D eigenvalue weighted by Crippen LogP contribution is 2.20. The first-order valence-electron chi connectivity index (χ1n) is 7.62. The molecule has 0 fully saturated rings. The molecule has 0 amide bonds. The molecule has 1 heterocycles. The van der Waals surface area contributed by atoms with Crippen molar-refractivity contribution in [1.82, 2.24) is 9.78 Å². The standard InChI is InChI=1S/C18H19N3O2/c1-2-23-18(22)11-16-15-5-3-4-6-17(15)21(20-16)12-13-7-9-14(19)10-8-13/h3-10H,2,11-12,19H2,1H3. The van der Waals surface area contributed by atoms with E-state index in [1.54, 1.807) is 6.92 Å². The monoisotopic (exact) mass is 309 g/mol. The number of carbonyl (C=O) groups is 1. The number of nitrogens with two attached hydrogens (primary N) is 1. The average molecular weight is 309 g/mol. The van der Waals surface area contributed by atoms with Gasteiger partial charge in [-0.05, 0) is 30.7 Å². The second-order valence-corrected chi connectivity index (χ2v) is 5.34. The fraction of sp³-hybridized carbons (Fsp3) is 0.222. The van der Waals surface area contributed by atoms with E-state index in [2.05, 4.69) is 5.10 Å². The molecule has 118 valence electrons. The Hall–Kier alpha value is -2.82. The summed E-state index contributed by atoms with van der Waals surface area (Å²) in [5.74, 6) is -0.254. The number of fused-ring (bicyclic) bond motifs is 1. The Morgan fingerprint density at radius 2 is 1.91 bits per heavy atom. The molecule has 0 unspecified atom stereocenters. The van der Waals surface area contributed by atoms with E-state index in [1.165, 1.54) is 0 Å². The lowest BCUT2D eigenvalue weighted by Gasteiger charge is -2.04. The molecule has 0 atom stereocenters. The van der Waals surface area contributed by atoms with Gasteiger partial charge in [-0.15, -0.1) is 0 Å². The van der Waals surface area contributed by atoms with Crippen molar-refractivity contribution in [3.8, 4) is 0 Å². The number of esters is 1. The molecule has 0 aliphatic rings. The van der Waals surface area contributed by atoms with E-state index in [4.69, 9.17) is 10.5 Å². The van der Waals surface area contributed by atoms with Gasteiger partial charge in [0.05, 0.1) is 30.8 Å². The fourth-order valence-electron chi connectivity index (χ4n) is 2.59. The van der Waals surface area contributed by atoms with E-state index >= 15 is 0 Å². The van der Waals surface area contributed by atoms with Crippen LogP contribution in [0.25, 0.3) is 10.9 Å². The molecule has 1 aromatic heterocycles. The van der Waals surface area contributed by atoms with Crippen molar-refractivity contribution < 1.29 is 9.53 Å². The summed E-state index contributed by atoms with van der Waals surface area (Å²) in [5, 5.41) is 5.60. The van der Waals surface area contributed by atoms with E-state index < -0.39 is 0 Å². The van der Waals surface area contributed by atoms with Gasteiger partial charge in [0.1, 0.15) is 0 Å². The van der Waals surface area contributed by atoms with Crippen molar-refractivity contribution in [3.63, 3.8) is 0 Å². The van der Waals surface area contributed by atoms with Gasteiger partial charge in [-0.2, -0.15) is 5.10 Å². The van der Waals surface area contributed by atoms with E-state index in [0.29, 0.717) is 13.2 Å². The number of anilines is 1. The number of benzene rings is 2. The molecule has 0 saturated heterocycles. The van der Waals surface area contributed by atoms with Crippen LogP contribution in [0, 0.1) is 0 Å². The van der Waals surface area contributed by atoms with Crippen molar-refractivity contribution in [1.29, 1.82) is 0 Å². The maximum absolute atomic E-state index is 11.8. The van der Waals surface area contributed by atoms with E-state index in [9.17, 15) is 4.79 Å². The van der Waals surface area contributed by atoms with E-state index in [0.717, 1.165) is 27.8 Å². The van der Waals surface area contributed by atoms with Crippen molar-refractivity contribution in [2.45, 2.75) is 19.9 Å². The van der Waals surface area contributed by atoms with Crippen molar-refractivity contribution in [3.05, 3.63) is 59.8 Å². The summed E-state index contributed by atoms with van der Waals surface area (Å²) >= 11 is 0. The van der Waals surface area contributed by atoms with Gasteiger partial charge in [-0.1, -0.05) is 30.3 Å². The van der Waals surface area contributed by atoms with Crippen LogP contribution >= 0.6 is 0 Å². The predicted molar refractivity (Wildman–Crippen MR) is 90.0 cm³/mol. The minimum absolute atomic E-state index is 0.184. The number of aromatic nitrogens is 2. The highest BCUT2D eigenvalue weighted by molar-refractivity contribution is 5.86. The SMILES string of the molecule is CCOC(=O)Cc1nn(Cc2ccc(N)cc2)c2ccccc12. The largest absolute Gasteiger partial charge is 0.466 e. The maximum Gasteiger partial charge on any atom is 0.311 e. The van der Waals surface area contributed by atoms with Gasteiger partial charge in [-0.25, -0.2) is 0 Å². The molecule has 2 N–H and O–H groups in total. The third kappa shape index (κ3) is 3.34. The maximum atomic E-state index is 11.8. The normalized spacial score (nSPS) is 10.8. The molecule has 0 aliphatic carbocycles. The van der Waals surface area contributed by atoms with Gasteiger partial charge in [0, 0.05) is 11.1 Å². The van der Waals surface area contributed by atoms with Crippen LogP contribution in [0.1, 0.15) is 18.2 Å². The Morgan fingerprint density at radius 3 is 2.65 bits per heavy atom. The van der Waals surface area contributed by atoms with Crippen LogP contribution in [0.4, 0.5) is 5.69 Å². The van der Waals surface area contributed by atoms with Gasteiger partial charge in [0.15, 0.2) is 0 Å². The van der Waals surface area contributed by atoms with Crippen LogP contribution in [0.2, 0.25) is 0 Å². The molecule has 0 aliphatic heterocycles. The molecule has 5 nitrogen and oxygen atoms in total. The summed E-state index contributed by atoms with van der Waals surface area (Å²) < 4.78 is 6.95. The second-order valence-electron chi connectivity index (χ2n) is 5.34. The van der Waals surface area contributed by atoms with Crippen LogP contribution in [0.15, 0.2) is 48.5 Å². The highest BCUT2D eigenvalue weighted by atomic mass is 16.5. The molecule has 5 heteroatoms. The Morgan fingerprint density at radius 1 is 1.17 bits per heavy atom. The van der Waals surface area contributed by atoms with Gasteiger partial charge < -0.3 is 10.5 Å². The zero-order valence-electron chi connectivity index (χ0n) is 13.0. The number of ether oxygens (including phenoxy) is 1. The number of carbonyl (C=O) groups excluding carboxylic acids is 1. The average Bonchev–Trinajstić information content (AvgIpc) is 2.88. The number of para-hydroxylation sites is 1. The summed E-state index contributed by atoms with van der Waals surface area (Å²) in [7, 11) is 0. The van der Waals surface area contributed by atoms with Crippen LogP contribution in [0.3, 0.4) is 0 Å². The molecule has 0 bridgehead atoms. The molecule has 23 heavy (non-hydrogen) atoms. The minimum atomic E-state index is -0.254. The Balaban J connectivity index is 1.94. The Kier molecular flexibility index (Phi) is 4.28. The van der Waals surface area contributed by atoms with Crippen LogP contribution in [-0.4, -0.2) is 22.4 Å². The number of rotatable bonds is 5. The minimum Gasteiger partial charge on any atom is -0.466 e. The lowest BCUT2D eigenvalue weighted by Crippen LogP contribution is -2.09. The topological polar surface area (TPSA) is 70.1 Å². The molecular weight excluding hydrogens is 290 g/mol. The summed E-state index contributed by atoms with van der Waals surface area (Å²) in [5.41, 5.74) is 9.32. The van der Waals surface area contributed by atoms with Crippen molar-refractivity contribution in [2.24, 2.45) is 0 Å². The van der Waals surface area contributed by atoms with Crippen LogP contribution in [-0.2, 0) is 22.5 Å². The third-order valence-corrected chi connectivity index (χ3v) is 3.66. The third-order valence-electron chi connectivity index (χ3n) is 3.66. The second kappa shape index (κ2) is 6.52. The number of hydrogen-bond acceptors (Lipinski definition) is 4. The molecule has 0 spiro atoms. The van der Waals surface area contributed by atoms with Crippen molar-refractivity contribution >= 4 is 22.6 Å². The molecular formula is C18H19N3O2. The van der Waals surface area contributed by atoms with Crippen LogP contribution < -0.4 is 5.73 Å². The van der Waals surface area contributed by atoms with Gasteiger partial charge in [0.25, 0.3) is 0 Å². The fourth-order valence-corrected chi connectivity index (χ4v) is 2.59. The summed E-state index contributed by atoms with van der Waals surface area (Å²) in [6.07, 6.45) is 0.184. The summed E-state index contributed by atoms with van der Waals surface area (Å²) in [4.78, 5) is 11.8. The van der Waals surface area contributed by atoms with Gasteiger partial charge in [-0.3, -0.25) is 9.48 Å².